The van der Waals surface area contributed by atoms with Gasteiger partial charge in [-0.15, -0.1) is 0 Å². The van der Waals surface area contributed by atoms with Crippen LogP contribution < -0.4 is 10.6 Å². The summed E-state index contributed by atoms with van der Waals surface area (Å²) in [6.45, 7) is 16.9. The molecule has 3 atom stereocenters. The molecule has 4 nitrogen and oxygen atoms in total. The first kappa shape index (κ1) is 19.3. The van der Waals surface area contributed by atoms with Crippen molar-refractivity contribution in [1.29, 1.82) is 0 Å². The first-order valence-electron chi connectivity index (χ1n) is 9.32. The number of hydrogen-bond donors (Lipinski definition) is 2. The highest BCUT2D eigenvalue weighted by molar-refractivity contribution is 5.79. The molecule has 0 aromatic rings. The Morgan fingerprint density at radius 2 is 1.86 bits per heavy atom. The molecule has 0 spiro atoms. The maximum Gasteiger partial charge on any atom is 0.191 e. The topological polar surface area (TPSA) is 39.7 Å². The molecule has 22 heavy (non-hydrogen) atoms. The highest BCUT2D eigenvalue weighted by atomic mass is 15.2. The van der Waals surface area contributed by atoms with Crippen LogP contribution in [0.4, 0.5) is 0 Å². The van der Waals surface area contributed by atoms with Gasteiger partial charge in [0.25, 0.3) is 0 Å². The van der Waals surface area contributed by atoms with E-state index >= 15 is 0 Å². The van der Waals surface area contributed by atoms with Gasteiger partial charge < -0.3 is 15.5 Å². The van der Waals surface area contributed by atoms with Crippen molar-refractivity contribution < 1.29 is 0 Å². The molecule has 0 saturated carbocycles. The first-order chi connectivity index (χ1) is 10.5. The van der Waals surface area contributed by atoms with Gasteiger partial charge in [0.15, 0.2) is 5.96 Å². The van der Waals surface area contributed by atoms with Crippen LogP contribution in [0.1, 0.15) is 60.3 Å². The Kier molecular flexibility index (Phi) is 9.53. The molecule has 0 aromatic heterocycles. The molecule has 0 aliphatic carbocycles. The molecule has 0 radical (unpaired) electrons. The van der Waals surface area contributed by atoms with Crippen LogP contribution in [-0.2, 0) is 0 Å². The van der Waals surface area contributed by atoms with E-state index in [4.69, 9.17) is 0 Å². The summed E-state index contributed by atoms with van der Waals surface area (Å²) in [6, 6.07) is 0.481. The van der Waals surface area contributed by atoms with Crippen molar-refractivity contribution in [3.8, 4) is 0 Å². The van der Waals surface area contributed by atoms with E-state index in [2.05, 4.69) is 55.1 Å². The van der Waals surface area contributed by atoms with Gasteiger partial charge in [0, 0.05) is 32.2 Å². The van der Waals surface area contributed by atoms with Crippen LogP contribution in [0.5, 0.6) is 0 Å². The van der Waals surface area contributed by atoms with Crippen LogP contribution in [0.15, 0.2) is 4.99 Å². The van der Waals surface area contributed by atoms with Gasteiger partial charge in [-0.05, 0) is 57.9 Å². The summed E-state index contributed by atoms with van der Waals surface area (Å²) in [4.78, 5) is 7.33. The lowest BCUT2D eigenvalue weighted by atomic mass is 9.92. The van der Waals surface area contributed by atoms with Crippen molar-refractivity contribution in [2.45, 2.75) is 66.3 Å². The fourth-order valence-electron chi connectivity index (χ4n) is 3.27. The molecule has 1 heterocycles. The Hall–Kier alpha value is -0.770. The van der Waals surface area contributed by atoms with Crippen molar-refractivity contribution in [2.75, 3.05) is 32.7 Å². The highest BCUT2D eigenvalue weighted by Crippen LogP contribution is 2.20. The summed E-state index contributed by atoms with van der Waals surface area (Å²) in [6.07, 6.45) is 4.95. The molecule has 1 fully saturated rings. The van der Waals surface area contributed by atoms with Gasteiger partial charge in [0.2, 0.25) is 0 Å². The molecular weight excluding hydrogens is 272 g/mol. The summed E-state index contributed by atoms with van der Waals surface area (Å²) in [5, 5.41) is 6.78. The predicted octanol–water partition coefficient (Wildman–Crippen LogP) is 3.10. The van der Waals surface area contributed by atoms with Crippen molar-refractivity contribution in [3.05, 3.63) is 0 Å². The zero-order valence-corrected chi connectivity index (χ0v) is 15.5. The summed E-state index contributed by atoms with van der Waals surface area (Å²) in [5.74, 6) is 2.70. The molecule has 3 unspecified atom stereocenters. The maximum atomic E-state index is 4.69. The standard InChI is InChI=1S/C18H38N4/c1-6-17(5)21-18(19-7-2)20-10-8-9-11-22-13-15(3)12-16(4)14-22/h15-17H,6-14H2,1-5H3,(H2,19,20,21). The number of likely N-dealkylation sites (tertiary alicyclic amines) is 1. The van der Waals surface area contributed by atoms with Crippen LogP contribution in [0.3, 0.4) is 0 Å². The molecule has 1 saturated heterocycles. The molecule has 1 aliphatic heterocycles. The lowest BCUT2D eigenvalue weighted by Gasteiger charge is -2.34. The second-order valence-electron chi connectivity index (χ2n) is 7.13. The number of aliphatic imine (C=N–C) groups is 1. The average Bonchev–Trinajstić information content (AvgIpc) is 2.45. The van der Waals surface area contributed by atoms with E-state index in [0.717, 1.165) is 37.3 Å². The largest absolute Gasteiger partial charge is 0.357 e. The third-order valence-corrected chi connectivity index (χ3v) is 4.44. The molecule has 0 aromatic carbocycles. The monoisotopic (exact) mass is 310 g/mol. The summed E-state index contributed by atoms with van der Waals surface area (Å²) in [7, 11) is 0. The fraction of sp³-hybridized carbons (Fsp3) is 0.944. The minimum Gasteiger partial charge on any atom is -0.357 e. The number of unbranched alkanes of at least 4 members (excludes halogenated alkanes) is 1. The molecule has 4 heteroatoms. The van der Waals surface area contributed by atoms with Gasteiger partial charge in [-0.1, -0.05) is 20.8 Å². The smallest absolute Gasteiger partial charge is 0.191 e. The number of rotatable bonds is 8. The van der Waals surface area contributed by atoms with Crippen molar-refractivity contribution in [2.24, 2.45) is 16.8 Å². The van der Waals surface area contributed by atoms with Crippen molar-refractivity contribution in [3.63, 3.8) is 0 Å². The SMILES string of the molecule is CCNC(=NCCCCN1CC(C)CC(C)C1)NC(C)CC. The van der Waals surface area contributed by atoms with Crippen LogP contribution in [0, 0.1) is 11.8 Å². The minimum atomic E-state index is 0.481. The number of nitrogens with zero attached hydrogens (tertiary/aromatic N) is 2. The normalized spacial score (nSPS) is 25.0. The molecule has 1 rings (SSSR count). The maximum absolute atomic E-state index is 4.69. The minimum absolute atomic E-state index is 0.481. The van der Waals surface area contributed by atoms with E-state index in [0.29, 0.717) is 6.04 Å². The van der Waals surface area contributed by atoms with E-state index in [1.807, 2.05) is 0 Å². The lowest BCUT2D eigenvalue weighted by molar-refractivity contribution is 0.139. The lowest BCUT2D eigenvalue weighted by Crippen LogP contribution is -2.42. The van der Waals surface area contributed by atoms with Gasteiger partial charge in [-0.3, -0.25) is 4.99 Å². The Morgan fingerprint density at radius 1 is 1.18 bits per heavy atom. The Balaban J connectivity index is 2.22. The van der Waals surface area contributed by atoms with E-state index in [1.54, 1.807) is 0 Å². The van der Waals surface area contributed by atoms with Gasteiger partial charge in [0.1, 0.15) is 0 Å². The fourth-order valence-corrected chi connectivity index (χ4v) is 3.27. The number of guanidine groups is 1. The van der Waals surface area contributed by atoms with Crippen LogP contribution in [0.2, 0.25) is 0 Å². The average molecular weight is 311 g/mol. The van der Waals surface area contributed by atoms with Gasteiger partial charge >= 0.3 is 0 Å². The zero-order chi connectivity index (χ0) is 16.4. The Morgan fingerprint density at radius 3 is 2.45 bits per heavy atom. The third kappa shape index (κ3) is 8.02. The number of hydrogen-bond acceptors (Lipinski definition) is 2. The van der Waals surface area contributed by atoms with E-state index in [1.165, 1.54) is 38.9 Å². The highest BCUT2D eigenvalue weighted by Gasteiger charge is 2.20. The predicted molar refractivity (Wildman–Crippen MR) is 97.5 cm³/mol. The molecule has 130 valence electrons. The Labute approximate surface area is 138 Å². The second kappa shape index (κ2) is 10.9. The third-order valence-electron chi connectivity index (χ3n) is 4.44. The summed E-state index contributed by atoms with van der Waals surface area (Å²) < 4.78 is 0. The zero-order valence-electron chi connectivity index (χ0n) is 15.5. The van der Waals surface area contributed by atoms with Crippen LogP contribution in [-0.4, -0.2) is 49.6 Å². The van der Waals surface area contributed by atoms with Gasteiger partial charge in [0.05, 0.1) is 0 Å². The summed E-state index contributed by atoms with van der Waals surface area (Å²) >= 11 is 0. The van der Waals surface area contributed by atoms with Crippen molar-refractivity contribution >= 4 is 5.96 Å². The number of nitrogens with one attached hydrogen (secondary N) is 2. The van der Waals surface area contributed by atoms with Crippen LogP contribution in [0.25, 0.3) is 0 Å². The molecule has 0 amide bonds. The quantitative estimate of drug-likeness (QED) is 0.411. The van der Waals surface area contributed by atoms with Gasteiger partial charge in [-0.2, -0.15) is 0 Å². The second-order valence-corrected chi connectivity index (χ2v) is 7.13. The van der Waals surface area contributed by atoms with Crippen molar-refractivity contribution in [1.82, 2.24) is 15.5 Å². The Bertz CT molecular complexity index is 306. The molecule has 1 aliphatic rings. The van der Waals surface area contributed by atoms with E-state index in [-0.39, 0.29) is 0 Å². The molecular formula is C18H38N4. The van der Waals surface area contributed by atoms with Crippen LogP contribution >= 0.6 is 0 Å². The molecule has 0 bridgehead atoms. The first-order valence-corrected chi connectivity index (χ1v) is 9.32. The summed E-state index contributed by atoms with van der Waals surface area (Å²) in [5.41, 5.74) is 0. The van der Waals surface area contributed by atoms with Gasteiger partial charge in [-0.25, -0.2) is 0 Å². The van der Waals surface area contributed by atoms with E-state index < -0.39 is 0 Å². The number of piperidine rings is 1. The molecule has 2 N–H and O–H groups in total. The van der Waals surface area contributed by atoms with E-state index in [9.17, 15) is 0 Å².